The molecule has 0 radical (unpaired) electrons. The minimum Gasteiger partial charge on any atom is -0.478 e. The van der Waals surface area contributed by atoms with Crippen LogP contribution in [0.25, 0.3) is 0 Å². The zero-order valence-corrected chi connectivity index (χ0v) is 9.57. The van der Waals surface area contributed by atoms with Crippen molar-refractivity contribution in [2.24, 2.45) is 5.92 Å². The summed E-state index contributed by atoms with van der Waals surface area (Å²) in [7, 11) is 0. The van der Waals surface area contributed by atoms with Crippen LogP contribution >= 0.6 is 11.8 Å². The third-order valence-corrected chi connectivity index (χ3v) is 3.72. The van der Waals surface area contributed by atoms with Crippen molar-refractivity contribution in [2.75, 3.05) is 19.0 Å². The van der Waals surface area contributed by atoms with Crippen LogP contribution in [0.3, 0.4) is 0 Å². The second-order valence-corrected chi connectivity index (χ2v) is 4.71. The van der Waals surface area contributed by atoms with Gasteiger partial charge >= 0.3 is 5.97 Å². The highest BCUT2D eigenvalue weighted by atomic mass is 32.2. The Balaban J connectivity index is 2.00. The molecule has 0 saturated carbocycles. The summed E-state index contributed by atoms with van der Waals surface area (Å²) in [6, 6.07) is 3.23. The molecular formula is C11H13NO3S. The van der Waals surface area contributed by atoms with Gasteiger partial charge in [-0.15, -0.1) is 11.8 Å². The Hall–Kier alpha value is -1.07. The lowest BCUT2D eigenvalue weighted by molar-refractivity contribution is 0.0692. The van der Waals surface area contributed by atoms with E-state index in [1.807, 2.05) is 0 Å². The smallest absolute Gasteiger partial charge is 0.338 e. The van der Waals surface area contributed by atoms with Crippen LogP contribution in [0.4, 0.5) is 0 Å². The molecule has 1 unspecified atom stereocenters. The summed E-state index contributed by atoms with van der Waals surface area (Å²) in [5, 5.41) is 9.58. The molecule has 1 atom stereocenters. The number of carbonyl (C=O) groups is 1. The maximum absolute atomic E-state index is 10.9. The van der Waals surface area contributed by atoms with E-state index in [-0.39, 0.29) is 5.56 Å². The van der Waals surface area contributed by atoms with E-state index in [0.717, 1.165) is 25.4 Å². The monoisotopic (exact) mass is 239 g/mol. The van der Waals surface area contributed by atoms with Crippen LogP contribution in [0.5, 0.6) is 0 Å². The third-order valence-electron chi connectivity index (χ3n) is 2.48. The van der Waals surface area contributed by atoms with Crippen LogP contribution in [0.2, 0.25) is 0 Å². The van der Waals surface area contributed by atoms with E-state index in [1.165, 1.54) is 11.8 Å². The molecule has 1 aromatic heterocycles. The first-order valence-electron chi connectivity index (χ1n) is 5.16. The standard InChI is InChI=1S/C11H13NO3S/c13-11(14)9-2-1-4-12-10(9)16-7-8-3-5-15-6-8/h1-2,4,8H,3,5-7H2,(H,13,14). The van der Waals surface area contributed by atoms with E-state index in [2.05, 4.69) is 4.98 Å². The second kappa shape index (κ2) is 5.32. The van der Waals surface area contributed by atoms with Crippen molar-refractivity contribution in [1.29, 1.82) is 0 Å². The lowest BCUT2D eigenvalue weighted by Crippen LogP contribution is -2.05. The van der Waals surface area contributed by atoms with Crippen LogP contribution in [-0.4, -0.2) is 35.0 Å². The molecule has 5 heteroatoms. The number of thioether (sulfide) groups is 1. The van der Waals surface area contributed by atoms with Gasteiger partial charge in [0.1, 0.15) is 5.03 Å². The van der Waals surface area contributed by atoms with E-state index < -0.39 is 5.97 Å². The van der Waals surface area contributed by atoms with E-state index in [9.17, 15) is 4.79 Å². The van der Waals surface area contributed by atoms with Gasteiger partial charge in [-0.25, -0.2) is 9.78 Å². The molecule has 1 saturated heterocycles. The van der Waals surface area contributed by atoms with Crippen LogP contribution in [0, 0.1) is 5.92 Å². The molecule has 2 heterocycles. The zero-order valence-electron chi connectivity index (χ0n) is 8.76. The Kier molecular flexibility index (Phi) is 3.79. The summed E-state index contributed by atoms with van der Waals surface area (Å²) < 4.78 is 5.27. The topological polar surface area (TPSA) is 59.4 Å². The van der Waals surface area contributed by atoms with Gasteiger partial charge in [0.2, 0.25) is 0 Å². The van der Waals surface area contributed by atoms with Gasteiger partial charge in [0.25, 0.3) is 0 Å². The molecular weight excluding hydrogens is 226 g/mol. The summed E-state index contributed by atoms with van der Waals surface area (Å²) in [4.78, 5) is 15.0. The van der Waals surface area contributed by atoms with Crippen molar-refractivity contribution in [3.63, 3.8) is 0 Å². The fourth-order valence-corrected chi connectivity index (χ4v) is 2.68. The number of aromatic nitrogens is 1. The number of ether oxygens (including phenoxy) is 1. The average Bonchev–Trinajstić information content (AvgIpc) is 2.79. The minimum atomic E-state index is -0.918. The van der Waals surface area contributed by atoms with Crippen molar-refractivity contribution in [3.05, 3.63) is 23.9 Å². The molecule has 0 aliphatic carbocycles. The van der Waals surface area contributed by atoms with Gasteiger partial charge in [-0.1, -0.05) is 0 Å². The number of carboxylic acids is 1. The predicted molar refractivity (Wildman–Crippen MR) is 60.8 cm³/mol. The van der Waals surface area contributed by atoms with Gasteiger partial charge in [-0.2, -0.15) is 0 Å². The summed E-state index contributed by atoms with van der Waals surface area (Å²) in [5.74, 6) is 0.476. The third kappa shape index (κ3) is 2.74. The molecule has 1 N–H and O–H groups in total. The number of hydrogen-bond donors (Lipinski definition) is 1. The van der Waals surface area contributed by atoms with Gasteiger partial charge in [0.15, 0.2) is 0 Å². The first kappa shape index (κ1) is 11.4. The van der Waals surface area contributed by atoms with Gasteiger partial charge in [0.05, 0.1) is 12.2 Å². The molecule has 0 spiro atoms. The Morgan fingerprint density at radius 1 is 1.69 bits per heavy atom. The van der Waals surface area contributed by atoms with Crippen LogP contribution < -0.4 is 0 Å². The SMILES string of the molecule is O=C(O)c1cccnc1SCC1CCOC1. The fourth-order valence-electron chi connectivity index (χ4n) is 1.58. The highest BCUT2D eigenvalue weighted by Crippen LogP contribution is 2.25. The van der Waals surface area contributed by atoms with Crippen molar-refractivity contribution in [2.45, 2.75) is 11.4 Å². The predicted octanol–water partition coefficient (Wildman–Crippen LogP) is 1.91. The largest absolute Gasteiger partial charge is 0.478 e. The van der Waals surface area contributed by atoms with Crippen molar-refractivity contribution < 1.29 is 14.6 Å². The van der Waals surface area contributed by atoms with Gasteiger partial charge in [-0.3, -0.25) is 0 Å². The summed E-state index contributed by atoms with van der Waals surface area (Å²) in [5.41, 5.74) is 0.284. The summed E-state index contributed by atoms with van der Waals surface area (Å²) in [6.07, 6.45) is 2.68. The first-order valence-corrected chi connectivity index (χ1v) is 6.15. The molecule has 16 heavy (non-hydrogen) atoms. The molecule has 2 rings (SSSR count). The molecule has 1 aliphatic rings. The fraction of sp³-hybridized carbons (Fsp3) is 0.455. The second-order valence-electron chi connectivity index (χ2n) is 3.70. The van der Waals surface area contributed by atoms with Crippen molar-refractivity contribution in [3.8, 4) is 0 Å². The average molecular weight is 239 g/mol. The Labute approximate surface area is 98.0 Å². The van der Waals surface area contributed by atoms with Crippen LogP contribution in [0.1, 0.15) is 16.8 Å². The van der Waals surface area contributed by atoms with Gasteiger partial charge in [-0.05, 0) is 24.5 Å². The molecule has 1 aromatic rings. The highest BCUT2D eigenvalue weighted by Gasteiger charge is 2.18. The van der Waals surface area contributed by atoms with E-state index >= 15 is 0 Å². The Morgan fingerprint density at radius 2 is 2.56 bits per heavy atom. The van der Waals surface area contributed by atoms with E-state index in [1.54, 1.807) is 18.3 Å². The van der Waals surface area contributed by atoms with Gasteiger partial charge in [0, 0.05) is 18.6 Å². The summed E-state index contributed by atoms with van der Waals surface area (Å²) >= 11 is 1.50. The molecule has 0 aromatic carbocycles. The number of hydrogen-bond acceptors (Lipinski definition) is 4. The number of pyridine rings is 1. The molecule has 1 fully saturated rings. The number of nitrogens with zero attached hydrogens (tertiary/aromatic N) is 1. The van der Waals surface area contributed by atoms with Crippen molar-refractivity contribution >= 4 is 17.7 Å². The van der Waals surface area contributed by atoms with E-state index in [0.29, 0.717) is 10.9 Å². The maximum atomic E-state index is 10.9. The van der Waals surface area contributed by atoms with Crippen molar-refractivity contribution in [1.82, 2.24) is 4.98 Å². The molecule has 86 valence electrons. The first-order chi connectivity index (χ1) is 7.77. The maximum Gasteiger partial charge on any atom is 0.338 e. The minimum absolute atomic E-state index is 0.284. The zero-order chi connectivity index (χ0) is 11.4. The molecule has 1 aliphatic heterocycles. The lowest BCUT2D eigenvalue weighted by Gasteiger charge is -2.07. The number of carboxylic acid groups (broad SMARTS) is 1. The molecule has 0 amide bonds. The Bertz CT molecular complexity index is 377. The highest BCUT2D eigenvalue weighted by molar-refractivity contribution is 7.99. The number of rotatable bonds is 4. The normalized spacial score (nSPS) is 19.9. The molecule has 0 bridgehead atoms. The van der Waals surface area contributed by atoms with Crippen LogP contribution in [0.15, 0.2) is 23.4 Å². The van der Waals surface area contributed by atoms with Crippen LogP contribution in [-0.2, 0) is 4.74 Å². The van der Waals surface area contributed by atoms with Gasteiger partial charge < -0.3 is 9.84 Å². The lowest BCUT2D eigenvalue weighted by atomic mass is 10.2. The quantitative estimate of drug-likeness (QED) is 0.813. The Morgan fingerprint density at radius 3 is 3.25 bits per heavy atom. The number of aromatic carboxylic acids is 1. The summed E-state index contributed by atoms with van der Waals surface area (Å²) in [6.45, 7) is 1.60. The molecule has 4 nitrogen and oxygen atoms in total. The van der Waals surface area contributed by atoms with E-state index in [4.69, 9.17) is 9.84 Å².